The lowest BCUT2D eigenvalue weighted by Gasteiger charge is -2.45. The summed E-state index contributed by atoms with van der Waals surface area (Å²) >= 11 is 0. The van der Waals surface area contributed by atoms with Gasteiger partial charge in [-0.2, -0.15) is 0 Å². The van der Waals surface area contributed by atoms with E-state index < -0.39 is 11.6 Å². The quantitative estimate of drug-likeness (QED) is 0.652. The summed E-state index contributed by atoms with van der Waals surface area (Å²) in [5.74, 6) is 0.217. The highest BCUT2D eigenvalue weighted by Crippen LogP contribution is 2.39. The van der Waals surface area contributed by atoms with Crippen molar-refractivity contribution < 1.29 is 14.4 Å². The van der Waals surface area contributed by atoms with Crippen LogP contribution in [-0.2, 0) is 9.59 Å². The van der Waals surface area contributed by atoms with Crippen LogP contribution in [0.2, 0.25) is 0 Å². The standard InChI is InChI=1S/C16H26N4O3/c1-16(2)14(22)20(15(23)19-16)8-12(21)18-13-9-4-3-5-10(13)7-11(17)6-9/h9-11,13H,3-8,17H2,1-2H3,(H,18,21)(H,19,23). The van der Waals surface area contributed by atoms with Gasteiger partial charge in [-0.3, -0.25) is 14.5 Å². The average Bonchev–Trinajstić information content (AvgIpc) is 2.62. The van der Waals surface area contributed by atoms with Crippen LogP contribution in [0.4, 0.5) is 4.79 Å². The Morgan fingerprint density at radius 3 is 2.43 bits per heavy atom. The van der Waals surface area contributed by atoms with Crippen molar-refractivity contribution in [1.29, 1.82) is 0 Å². The van der Waals surface area contributed by atoms with E-state index in [9.17, 15) is 14.4 Å². The second kappa shape index (κ2) is 5.78. The Kier molecular flexibility index (Phi) is 4.08. The monoisotopic (exact) mass is 322 g/mol. The summed E-state index contributed by atoms with van der Waals surface area (Å²) in [5.41, 5.74) is 5.16. The third-order valence-corrected chi connectivity index (χ3v) is 5.45. The van der Waals surface area contributed by atoms with Crippen molar-refractivity contribution in [2.45, 2.75) is 63.6 Å². The van der Waals surface area contributed by atoms with E-state index in [0.717, 1.165) is 30.6 Å². The Morgan fingerprint density at radius 2 is 1.91 bits per heavy atom. The highest BCUT2D eigenvalue weighted by atomic mass is 16.2. The number of amides is 4. The molecule has 128 valence electrons. The molecular formula is C16H26N4O3. The van der Waals surface area contributed by atoms with Gasteiger partial charge in [-0.1, -0.05) is 6.42 Å². The van der Waals surface area contributed by atoms with Crippen molar-refractivity contribution in [3.63, 3.8) is 0 Å². The van der Waals surface area contributed by atoms with Crippen molar-refractivity contribution >= 4 is 17.8 Å². The van der Waals surface area contributed by atoms with E-state index in [1.54, 1.807) is 13.8 Å². The number of carbonyl (C=O) groups excluding carboxylic acids is 3. The lowest BCUT2D eigenvalue weighted by molar-refractivity contribution is -0.134. The van der Waals surface area contributed by atoms with Crippen molar-refractivity contribution in [3.05, 3.63) is 0 Å². The van der Waals surface area contributed by atoms with Gasteiger partial charge in [0.2, 0.25) is 5.91 Å². The molecule has 23 heavy (non-hydrogen) atoms. The zero-order valence-corrected chi connectivity index (χ0v) is 13.8. The normalized spacial score (nSPS) is 35.9. The van der Waals surface area contributed by atoms with Crippen LogP contribution in [-0.4, -0.2) is 46.9 Å². The van der Waals surface area contributed by atoms with E-state index in [4.69, 9.17) is 5.73 Å². The molecule has 2 unspecified atom stereocenters. The number of rotatable bonds is 3. The molecule has 1 saturated heterocycles. The number of nitrogens with one attached hydrogen (secondary N) is 2. The predicted octanol–water partition coefficient (Wildman–Crippen LogP) is 0.339. The maximum absolute atomic E-state index is 12.4. The number of nitrogens with zero attached hydrogens (tertiary/aromatic N) is 1. The summed E-state index contributed by atoms with van der Waals surface area (Å²) in [6, 6.07) is -0.143. The Balaban J connectivity index is 1.62. The lowest BCUT2D eigenvalue weighted by atomic mass is 9.67. The molecule has 4 N–H and O–H groups in total. The van der Waals surface area contributed by atoms with E-state index >= 15 is 0 Å². The van der Waals surface area contributed by atoms with Crippen LogP contribution in [0.15, 0.2) is 0 Å². The number of urea groups is 1. The van der Waals surface area contributed by atoms with E-state index in [1.165, 1.54) is 6.42 Å². The third kappa shape index (κ3) is 3.06. The molecule has 2 atom stereocenters. The molecule has 1 heterocycles. The first-order chi connectivity index (χ1) is 10.8. The molecule has 0 aromatic rings. The van der Waals surface area contributed by atoms with Gasteiger partial charge in [0, 0.05) is 12.1 Å². The Labute approximate surface area is 136 Å². The van der Waals surface area contributed by atoms with Gasteiger partial charge in [0.15, 0.2) is 0 Å². The summed E-state index contributed by atoms with van der Waals surface area (Å²) < 4.78 is 0. The number of fused-ring (bicyclic) bond motifs is 2. The average molecular weight is 322 g/mol. The van der Waals surface area contributed by atoms with Gasteiger partial charge in [-0.15, -0.1) is 0 Å². The number of hydrogen-bond acceptors (Lipinski definition) is 4. The summed E-state index contributed by atoms with van der Waals surface area (Å²) in [4.78, 5) is 37.4. The van der Waals surface area contributed by atoms with Gasteiger partial charge in [0.05, 0.1) is 0 Å². The molecule has 0 spiro atoms. The van der Waals surface area contributed by atoms with Crippen molar-refractivity contribution in [1.82, 2.24) is 15.5 Å². The van der Waals surface area contributed by atoms with Crippen LogP contribution in [0.3, 0.4) is 0 Å². The van der Waals surface area contributed by atoms with Gasteiger partial charge < -0.3 is 16.4 Å². The maximum atomic E-state index is 12.4. The molecule has 7 heteroatoms. The van der Waals surface area contributed by atoms with E-state index in [1.807, 2.05) is 0 Å². The predicted molar refractivity (Wildman–Crippen MR) is 84.3 cm³/mol. The second-order valence-electron chi connectivity index (χ2n) is 7.72. The zero-order chi connectivity index (χ0) is 16.8. The van der Waals surface area contributed by atoms with Crippen molar-refractivity contribution in [3.8, 4) is 0 Å². The van der Waals surface area contributed by atoms with E-state index in [0.29, 0.717) is 11.8 Å². The summed E-state index contributed by atoms with van der Waals surface area (Å²) in [7, 11) is 0. The van der Waals surface area contributed by atoms with Crippen molar-refractivity contribution in [2.24, 2.45) is 17.6 Å². The fourth-order valence-corrected chi connectivity index (χ4v) is 4.36. The minimum atomic E-state index is -0.939. The third-order valence-electron chi connectivity index (χ3n) is 5.45. The van der Waals surface area contributed by atoms with Crippen molar-refractivity contribution in [2.75, 3.05) is 6.54 Å². The highest BCUT2D eigenvalue weighted by Gasteiger charge is 2.45. The van der Waals surface area contributed by atoms with Gasteiger partial charge >= 0.3 is 6.03 Å². The molecule has 2 aliphatic carbocycles. The van der Waals surface area contributed by atoms with Crippen LogP contribution >= 0.6 is 0 Å². The molecule has 3 rings (SSSR count). The number of nitrogens with two attached hydrogens (primary N) is 1. The number of imide groups is 1. The minimum Gasteiger partial charge on any atom is -0.351 e. The molecule has 2 saturated carbocycles. The second-order valence-corrected chi connectivity index (χ2v) is 7.72. The lowest BCUT2D eigenvalue weighted by Crippen LogP contribution is -2.55. The molecule has 0 radical (unpaired) electrons. The van der Waals surface area contributed by atoms with Crippen LogP contribution < -0.4 is 16.4 Å². The van der Waals surface area contributed by atoms with Gasteiger partial charge in [0.1, 0.15) is 12.1 Å². The molecule has 2 bridgehead atoms. The molecule has 3 fully saturated rings. The number of hydrogen-bond donors (Lipinski definition) is 3. The molecule has 7 nitrogen and oxygen atoms in total. The molecular weight excluding hydrogens is 296 g/mol. The Morgan fingerprint density at radius 1 is 1.30 bits per heavy atom. The van der Waals surface area contributed by atoms with E-state index in [2.05, 4.69) is 10.6 Å². The van der Waals surface area contributed by atoms with Gasteiger partial charge in [-0.05, 0) is 51.4 Å². The first-order valence-electron chi connectivity index (χ1n) is 8.47. The highest BCUT2D eigenvalue weighted by molar-refractivity contribution is 6.08. The summed E-state index contributed by atoms with van der Waals surface area (Å²) in [6.45, 7) is 3.06. The van der Waals surface area contributed by atoms with Gasteiger partial charge in [-0.25, -0.2) is 4.79 Å². The van der Waals surface area contributed by atoms with Gasteiger partial charge in [0.25, 0.3) is 5.91 Å². The largest absolute Gasteiger partial charge is 0.351 e. The fraction of sp³-hybridized carbons (Fsp3) is 0.812. The smallest absolute Gasteiger partial charge is 0.325 e. The molecule has 0 aromatic carbocycles. The SMILES string of the molecule is CC1(C)NC(=O)N(CC(=O)NC2C3CCCC2CC(N)C3)C1=O. The van der Waals surface area contributed by atoms with Crippen LogP contribution in [0.5, 0.6) is 0 Å². The van der Waals surface area contributed by atoms with E-state index in [-0.39, 0.29) is 30.4 Å². The first-order valence-corrected chi connectivity index (χ1v) is 8.47. The van der Waals surface area contributed by atoms with Crippen LogP contribution in [0, 0.1) is 11.8 Å². The zero-order valence-electron chi connectivity index (χ0n) is 13.8. The molecule has 1 aliphatic heterocycles. The minimum absolute atomic E-state index is 0.129. The molecule has 4 amide bonds. The van der Waals surface area contributed by atoms with Crippen LogP contribution in [0.25, 0.3) is 0 Å². The number of carbonyl (C=O) groups is 3. The Hall–Kier alpha value is -1.63. The summed E-state index contributed by atoms with van der Waals surface area (Å²) in [5, 5.41) is 5.66. The fourth-order valence-electron chi connectivity index (χ4n) is 4.36. The molecule has 3 aliphatic rings. The first kappa shape index (κ1) is 16.2. The van der Waals surface area contributed by atoms with Crippen LogP contribution in [0.1, 0.15) is 46.0 Å². The Bertz CT molecular complexity index is 519. The maximum Gasteiger partial charge on any atom is 0.325 e. The summed E-state index contributed by atoms with van der Waals surface area (Å²) in [6.07, 6.45) is 5.25. The topological polar surface area (TPSA) is 105 Å². The molecule has 0 aromatic heterocycles.